The molecule has 0 rings (SSSR count). The molecule has 0 aliphatic heterocycles. The molecule has 1 amide bonds. The summed E-state index contributed by atoms with van der Waals surface area (Å²) in [5.74, 6) is 0.212. The monoisotopic (exact) mass is 216 g/mol. The fourth-order valence-electron chi connectivity index (χ4n) is 1.30. The van der Waals surface area contributed by atoms with E-state index in [0.717, 1.165) is 6.42 Å². The Morgan fingerprint density at radius 3 is 2.40 bits per heavy atom. The third-order valence-electron chi connectivity index (χ3n) is 2.96. The second-order valence-electron chi connectivity index (χ2n) is 4.16. The molecule has 0 radical (unpaired) electrons. The van der Waals surface area contributed by atoms with Gasteiger partial charge in [0, 0.05) is 14.2 Å². The van der Waals surface area contributed by atoms with Gasteiger partial charge >= 0.3 is 0 Å². The van der Waals surface area contributed by atoms with Crippen LogP contribution in [0.3, 0.4) is 0 Å². The summed E-state index contributed by atoms with van der Waals surface area (Å²) in [7, 11) is 3.40. The van der Waals surface area contributed by atoms with Crippen LogP contribution in [0.2, 0.25) is 0 Å². The molecule has 0 aromatic carbocycles. The first-order chi connectivity index (χ1) is 6.95. The van der Waals surface area contributed by atoms with Gasteiger partial charge < -0.3 is 15.4 Å². The molecule has 4 heteroatoms. The lowest BCUT2D eigenvalue weighted by Crippen LogP contribution is -2.49. The van der Waals surface area contributed by atoms with Gasteiger partial charge in [-0.1, -0.05) is 20.3 Å². The molecule has 0 spiro atoms. The number of likely N-dealkylation sites (N-methyl/N-ethyl adjacent to an activating group) is 1. The second-order valence-corrected chi connectivity index (χ2v) is 4.16. The molecule has 0 bridgehead atoms. The summed E-state index contributed by atoms with van der Waals surface area (Å²) < 4.78 is 5.01. The summed E-state index contributed by atoms with van der Waals surface area (Å²) in [6.07, 6.45) is 0.916. The number of carbonyl (C=O) groups is 1. The molecule has 0 saturated heterocycles. The van der Waals surface area contributed by atoms with Gasteiger partial charge in [0.15, 0.2) is 0 Å². The number of nitrogens with two attached hydrogens (primary N) is 1. The van der Waals surface area contributed by atoms with E-state index in [2.05, 4.69) is 0 Å². The van der Waals surface area contributed by atoms with Crippen molar-refractivity contribution in [2.24, 2.45) is 11.7 Å². The van der Waals surface area contributed by atoms with E-state index in [1.54, 1.807) is 19.1 Å². The van der Waals surface area contributed by atoms with Gasteiger partial charge in [-0.2, -0.15) is 0 Å². The molecule has 4 nitrogen and oxygen atoms in total. The van der Waals surface area contributed by atoms with Gasteiger partial charge in [-0.3, -0.25) is 4.79 Å². The van der Waals surface area contributed by atoms with E-state index in [1.807, 2.05) is 20.8 Å². The van der Waals surface area contributed by atoms with E-state index in [4.69, 9.17) is 10.5 Å². The molecule has 2 N–H and O–H groups in total. The third-order valence-corrected chi connectivity index (χ3v) is 2.96. The Morgan fingerprint density at radius 2 is 2.00 bits per heavy atom. The highest BCUT2D eigenvalue weighted by Crippen LogP contribution is 2.09. The van der Waals surface area contributed by atoms with Gasteiger partial charge in [-0.25, -0.2) is 0 Å². The van der Waals surface area contributed by atoms with Crippen LogP contribution in [-0.4, -0.2) is 43.7 Å². The van der Waals surface area contributed by atoms with Gasteiger partial charge in [-0.15, -0.1) is 0 Å². The van der Waals surface area contributed by atoms with Crippen molar-refractivity contribution in [2.75, 3.05) is 20.8 Å². The third kappa shape index (κ3) is 4.18. The van der Waals surface area contributed by atoms with Crippen molar-refractivity contribution in [3.8, 4) is 0 Å². The van der Waals surface area contributed by atoms with Gasteiger partial charge in [0.25, 0.3) is 0 Å². The van der Waals surface area contributed by atoms with Crippen molar-refractivity contribution >= 4 is 5.91 Å². The van der Waals surface area contributed by atoms with E-state index < -0.39 is 6.04 Å². The first-order valence-corrected chi connectivity index (χ1v) is 5.46. The quantitative estimate of drug-likeness (QED) is 0.716. The fourth-order valence-corrected chi connectivity index (χ4v) is 1.30. The summed E-state index contributed by atoms with van der Waals surface area (Å²) in [4.78, 5) is 13.6. The molecule has 0 aromatic heterocycles. The minimum atomic E-state index is -0.403. The molecule has 3 unspecified atom stereocenters. The maximum Gasteiger partial charge on any atom is 0.239 e. The van der Waals surface area contributed by atoms with Crippen LogP contribution in [0.5, 0.6) is 0 Å². The molecule has 0 aliphatic rings. The normalized spacial score (nSPS) is 16.9. The predicted octanol–water partition coefficient (Wildman–Crippen LogP) is 0.853. The van der Waals surface area contributed by atoms with E-state index in [0.29, 0.717) is 6.61 Å². The Kier molecular flexibility index (Phi) is 6.52. The Labute approximate surface area is 92.8 Å². The lowest BCUT2D eigenvalue weighted by Gasteiger charge is -2.29. The standard InChI is InChI=1S/C11H24N2O2/c1-6-8(2)10(12)11(14)13(4)9(3)7-15-5/h8-10H,6-7,12H2,1-5H3. The van der Waals surface area contributed by atoms with E-state index in [9.17, 15) is 4.79 Å². The number of methoxy groups -OCH3 is 1. The van der Waals surface area contributed by atoms with Crippen LogP contribution in [0.25, 0.3) is 0 Å². The number of nitrogens with zero attached hydrogens (tertiary/aromatic N) is 1. The summed E-state index contributed by atoms with van der Waals surface area (Å²) >= 11 is 0. The van der Waals surface area contributed by atoms with Gasteiger partial charge in [0.2, 0.25) is 5.91 Å². The van der Waals surface area contributed by atoms with Crippen LogP contribution in [0.4, 0.5) is 0 Å². The van der Waals surface area contributed by atoms with Crippen LogP contribution in [0.15, 0.2) is 0 Å². The van der Waals surface area contributed by atoms with Gasteiger partial charge in [0.05, 0.1) is 18.7 Å². The molecule has 3 atom stereocenters. The van der Waals surface area contributed by atoms with Gasteiger partial charge in [0.1, 0.15) is 0 Å². The SMILES string of the molecule is CCC(C)C(N)C(=O)N(C)C(C)COC. The Balaban J connectivity index is 4.30. The molecule has 0 aliphatic carbocycles. The highest BCUT2D eigenvalue weighted by atomic mass is 16.5. The summed E-state index contributed by atoms with van der Waals surface area (Å²) in [5, 5.41) is 0. The number of rotatable bonds is 6. The van der Waals surface area contributed by atoms with Crippen molar-refractivity contribution in [1.82, 2.24) is 4.90 Å². The molecule has 0 heterocycles. The highest BCUT2D eigenvalue weighted by molar-refractivity contribution is 5.81. The minimum Gasteiger partial charge on any atom is -0.383 e. The Morgan fingerprint density at radius 1 is 1.47 bits per heavy atom. The fraction of sp³-hybridized carbons (Fsp3) is 0.909. The van der Waals surface area contributed by atoms with Crippen molar-refractivity contribution in [3.05, 3.63) is 0 Å². The lowest BCUT2D eigenvalue weighted by atomic mass is 9.98. The maximum absolute atomic E-state index is 11.9. The van der Waals surface area contributed by atoms with Crippen LogP contribution in [0, 0.1) is 5.92 Å². The first-order valence-electron chi connectivity index (χ1n) is 5.46. The molecule has 0 saturated carbocycles. The molecule has 0 aromatic rings. The van der Waals surface area contributed by atoms with Crippen LogP contribution >= 0.6 is 0 Å². The average Bonchev–Trinajstić information content (AvgIpc) is 2.25. The number of carbonyl (C=O) groups excluding carboxylic acids is 1. The lowest BCUT2D eigenvalue weighted by molar-refractivity contribution is -0.135. The first kappa shape index (κ1) is 14.4. The molecule has 15 heavy (non-hydrogen) atoms. The summed E-state index contributed by atoms with van der Waals surface area (Å²) in [6, 6.07) is -0.336. The summed E-state index contributed by atoms with van der Waals surface area (Å²) in [5.41, 5.74) is 5.87. The van der Waals surface area contributed by atoms with Crippen molar-refractivity contribution < 1.29 is 9.53 Å². The van der Waals surface area contributed by atoms with Crippen molar-refractivity contribution in [3.63, 3.8) is 0 Å². The molecule has 90 valence electrons. The smallest absolute Gasteiger partial charge is 0.239 e. The Hall–Kier alpha value is -0.610. The van der Waals surface area contributed by atoms with Crippen LogP contribution in [0.1, 0.15) is 27.2 Å². The zero-order chi connectivity index (χ0) is 12.0. The largest absolute Gasteiger partial charge is 0.383 e. The summed E-state index contributed by atoms with van der Waals surface area (Å²) in [6.45, 7) is 6.52. The van der Waals surface area contributed by atoms with E-state index in [1.165, 1.54) is 0 Å². The van der Waals surface area contributed by atoms with Crippen molar-refractivity contribution in [2.45, 2.75) is 39.3 Å². The number of hydrogen-bond acceptors (Lipinski definition) is 3. The van der Waals surface area contributed by atoms with Crippen molar-refractivity contribution in [1.29, 1.82) is 0 Å². The number of hydrogen-bond donors (Lipinski definition) is 1. The van der Waals surface area contributed by atoms with Crippen LogP contribution in [-0.2, 0) is 9.53 Å². The average molecular weight is 216 g/mol. The highest BCUT2D eigenvalue weighted by Gasteiger charge is 2.25. The number of amides is 1. The maximum atomic E-state index is 11.9. The van der Waals surface area contributed by atoms with Crippen LogP contribution < -0.4 is 5.73 Å². The topological polar surface area (TPSA) is 55.6 Å². The zero-order valence-corrected chi connectivity index (χ0v) is 10.5. The predicted molar refractivity (Wildman–Crippen MR) is 61.5 cm³/mol. The molecule has 0 fully saturated rings. The zero-order valence-electron chi connectivity index (χ0n) is 10.5. The van der Waals surface area contributed by atoms with E-state index >= 15 is 0 Å². The van der Waals surface area contributed by atoms with Gasteiger partial charge in [-0.05, 0) is 12.8 Å². The Bertz CT molecular complexity index is 197. The number of ether oxygens (including phenoxy) is 1. The molecular weight excluding hydrogens is 192 g/mol. The second kappa shape index (κ2) is 6.80. The minimum absolute atomic E-state index is 0.00565. The van der Waals surface area contributed by atoms with E-state index in [-0.39, 0.29) is 17.9 Å². The molecular formula is C11H24N2O2.